The zero-order valence-corrected chi connectivity index (χ0v) is 10.0. The lowest BCUT2D eigenvalue weighted by molar-refractivity contribution is -0.158. The first-order chi connectivity index (χ1) is 8.00. The van der Waals surface area contributed by atoms with E-state index in [1.165, 1.54) is 0 Å². The standard InChI is InChI=1S/C13H16O4/c1-5(2)12(14)16-10-7-4-8-9(6(7)3)13(15)17-11(8)10/h6-11H,1,4H2,2-3H3/t6?,7?,8?,9-,10?,11-/m1/s1. The van der Waals surface area contributed by atoms with Gasteiger partial charge >= 0.3 is 11.9 Å². The Labute approximate surface area is 100.0 Å². The van der Waals surface area contributed by atoms with Gasteiger partial charge in [0.1, 0.15) is 12.2 Å². The van der Waals surface area contributed by atoms with E-state index in [-0.39, 0.29) is 47.8 Å². The minimum absolute atomic E-state index is 0.0322. The summed E-state index contributed by atoms with van der Waals surface area (Å²) in [6.07, 6.45) is 0.468. The topological polar surface area (TPSA) is 52.6 Å². The number of fused-ring (bicyclic) bond motifs is 1. The number of esters is 2. The number of ether oxygens (including phenoxy) is 2. The second-order valence-electron chi connectivity index (χ2n) is 5.50. The molecule has 2 bridgehead atoms. The van der Waals surface area contributed by atoms with Gasteiger partial charge in [-0.15, -0.1) is 0 Å². The van der Waals surface area contributed by atoms with E-state index in [4.69, 9.17) is 9.47 Å². The molecule has 0 aromatic rings. The molecule has 4 unspecified atom stereocenters. The summed E-state index contributed by atoms with van der Waals surface area (Å²) >= 11 is 0. The van der Waals surface area contributed by atoms with Crippen molar-refractivity contribution in [2.75, 3.05) is 0 Å². The van der Waals surface area contributed by atoms with Crippen LogP contribution in [0.4, 0.5) is 0 Å². The number of carbonyl (C=O) groups is 2. The third kappa shape index (κ3) is 1.30. The van der Waals surface area contributed by atoms with Gasteiger partial charge in [0.25, 0.3) is 0 Å². The van der Waals surface area contributed by atoms with E-state index < -0.39 is 0 Å². The summed E-state index contributed by atoms with van der Waals surface area (Å²) in [5, 5.41) is 0. The molecule has 4 heteroatoms. The minimum atomic E-state index is -0.380. The lowest BCUT2D eigenvalue weighted by Crippen LogP contribution is -2.39. The number of rotatable bonds is 2. The smallest absolute Gasteiger partial charge is 0.333 e. The molecule has 0 radical (unpaired) electrons. The minimum Gasteiger partial charge on any atom is -0.458 e. The quantitative estimate of drug-likeness (QED) is 0.535. The predicted molar refractivity (Wildman–Crippen MR) is 58.8 cm³/mol. The lowest BCUT2D eigenvalue weighted by Gasteiger charge is -2.29. The van der Waals surface area contributed by atoms with Crippen LogP contribution in [0.3, 0.4) is 0 Å². The van der Waals surface area contributed by atoms with Crippen molar-refractivity contribution in [2.45, 2.75) is 32.5 Å². The fourth-order valence-corrected chi connectivity index (χ4v) is 3.73. The van der Waals surface area contributed by atoms with Crippen LogP contribution in [0.5, 0.6) is 0 Å². The maximum absolute atomic E-state index is 11.7. The Morgan fingerprint density at radius 1 is 1.47 bits per heavy atom. The highest BCUT2D eigenvalue weighted by Gasteiger charge is 2.66. The fraction of sp³-hybridized carbons (Fsp3) is 0.692. The SMILES string of the molecule is C=C(C)C(=O)OC1C2CC3[C@H]1OC(=O)[C@@H]3C2C. The molecular weight excluding hydrogens is 220 g/mol. The maximum atomic E-state index is 11.7. The first-order valence-corrected chi connectivity index (χ1v) is 6.07. The van der Waals surface area contributed by atoms with E-state index in [1.807, 2.05) is 0 Å². The second kappa shape index (κ2) is 3.34. The van der Waals surface area contributed by atoms with Crippen molar-refractivity contribution < 1.29 is 19.1 Å². The Morgan fingerprint density at radius 3 is 2.82 bits per heavy atom. The first-order valence-electron chi connectivity index (χ1n) is 6.07. The van der Waals surface area contributed by atoms with Crippen LogP contribution >= 0.6 is 0 Å². The van der Waals surface area contributed by atoms with Crippen molar-refractivity contribution in [1.29, 1.82) is 0 Å². The van der Waals surface area contributed by atoms with Crippen LogP contribution in [-0.2, 0) is 19.1 Å². The highest BCUT2D eigenvalue weighted by atomic mass is 16.6. The molecule has 3 rings (SSSR count). The Balaban J connectivity index is 1.83. The van der Waals surface area contributed by atoms with Gasteiger partial charge in [0.2, 0.25) is 0 Å². The highest BCUT2D eigenvalue weighted by molar-refractivity contribution is 5.87. The van der Waals surface area contributed by atoms with E-state index >= 15 is 0 Å². The maximum Gasteiger partial charge on any atom is 0.333 e. The zero-order chi connectivity index (χ0) is 12.3. The molecule has 3 aliphatic rings. The molecule has 2 aliphatic carbocycles. The van der Waals surface area contributed by atoms with E-state index in [0.29, 0.717) is 5.57 Å². The van der Waals surface area contributed by atoms with Gasteiger partial charge in [-0.1, -0.05) is 13.5 Å². The van der Waals surface area contributed by atoms with Gasteiger partial charge < -0.3 is 9.47 Å². The summed E-state index contributed by atoms with van der Waals surface area (Å²) in [5.74, 6) is 0.326. The van der Waals surface area contributed by atoms with Gasteiger partial charge in [-0.25, -0.2) is 4.79 Å². The summed E-state index contributed by atoms with van der Waals surface area (Å²) < 4.78 is 10.8. The molecule has 17 heavy (non-hydrogen) atoms. The molecule has 1 heterocycles. The summed E-state index contributed by atoms with van der Waals surface area (Å²) in [6.45, 7) is 7.25. The summed E-state index contributed by atoms with van der Waals surface area (Å²) in [7, 11) is 0. The summed E-state index contributed by atoms with van der Waals surface area (Å²) in [5.41, 5.74) is 0.390. The molecule has 0 spiro atoms. The molecule has 3 fully saturated rings. The van der Waals surface area contributed by atoms with Crippen LogP contribution in [0.25, 0.3) is 0 Å². The molecule has 6 atom stereocenters. The van der Waals surface area contributed by atoms with E-state index in [0.717, 1.165) is 6.42 Å². The summed E-state index contributed by atoms with van der Waals surface area (Å²) in [6, 6.07) is 0. The van der Waals surface area contributed by atoms with Crippen molar-refractivity contribution in [3.05, 3.63) is 12.2 Å². The summed E-state index contributed by atoms with van der Waals surface area (Å²) in [4.78, 5) is 23.3. The molecule has 0 aromatic carbocycles. The molecular formula is C13H16O4. The molecule has 1 aliphatic heterocycles. The van der Waals surface area contributed by atoms with Gasteiger partial charge in [0, 0.05) is 17.4 Å². The third-order valence-electron chi connectivity index (χ3n) is 4.53. The van der Waals surface area contributed by atoms with E-state index in [1.54, 1.807) is 6.92 Å². The Hall–Kier alpha value is -1.32. The Kier molecular flexibility index (Phi) is 2.12. The van der Waals surface area contributed by atoms with Crippen molar-refractivity contribution >= 4 is 11.9 Å². The highest BCUT2D eigenvalue weighted by Crippen LogP contribution is 2.58. The normalized spacial score (nSPS) is 45.9. The van der Waals surface area contributed by atoms with Gasteiger partial charge in [-0.3, -0.25) is 4.79 Å². The van der Waals surface area contributed by atoms with E-state index in [9.17, 15) is 9.59 Å². The number of hydrogen-bond acceptors (Lipinski definition) is 4. The molecule has 1 saturated heterocycles. The van der Waals surface area contributed by atoms with Crippen LogP contribution in [-0.4, -0.2) is 24.1 Å². The third-order valence-corrected chi connectivity index (χ3v) is 4.53. The molecule has 0 aromatic heterocycles. The van der Waals surface area contributed by atoms with Crippen molar-refractivity contribution in [1.82, 2.24) is 0 Å². The van der Waals surface area contributed by atoms with Crippen LogP contribution in [0.1, 0.15) is 20.3 Å². The molecule has 0 N–H and O–H groups in total. The van der Waals surface area contributed by atoms with Crippen LogP contribution < -0.4 is 0 Å². The fourth-order valence-electron chi connectivity index (χ4n) is 3.73. The largest absolute Gasteiger partial charge is 0.458 e. The zero-order valence-electron chi connectivity index (χ0n) is 10.0. The Morgan fingerprint density at radius 2 is 2.18 bits per heavy atom. The average Bonchev–Trinajstić information content (AvgIpc) is 2.82. The predicted octanol–water partition coefficient (Wildman–Crippen LogP) is 1.30. The molecule has 92 valence electrons. The van der Waals surface area contributed by atoms with Gasteiger partial charge in [-0.2, -0.15) is 0 Å². The molecule has 4 nitrogen and oxygen atoms in total. The van der Waals surface area contributed by atoms with E-state index in [2.05, 4.69) is 13.5 Å². The second-order valence-corrected chi connectivity index (χ2v) is 5.50. The van der Waals surface area contributed by atoms with Crippen molar-refractivity contribution in [3.63, 3.8) is 0 Å². The monoisotopic (exact) mass is 236 g/mol. The first kappa shape index (κ1) is 10.8. The van der Waals surface area contributed by atoms with Crippen LogP contribution in [0.15, 0.2) is 12.2 Å². The van der Waals surface area contributed by atoms with Gasteiger partial charge in [0.05, 0.1) is 5.92 Å². The molecule has 2 saturated carbocycles. The van der Waals surface area contributed by atoms with Crippen LogP contribution in [0, 0.1) is 23.7 Å². The number of hydrogen-bond donors (Lipinski definition) is 0. The van der Waals surface area contributed by atoms with Gasteiger partial charge in [0.15, 0.2) is 0 Å². The van der Waals surface area contributed by atoms with Crippen molar-refractivity contribution in [3.8, 4) is 0 Å². The number of carbonyl (C=O) groups excluding carboxylic acids is 2. The average molecular weight is 236 g/mol. The van der Waals surface area contributed by atoms with Gasteiger partial charge in [-0.05, 0) is 19.3 Å². The Bertz CT molecular complexity index is 414. The lowest BCUT2D eigenvalue weighted by atomic mass is 9.80. The van der Waals surface area contributed by atoms with Crippen LogP contribution in [0.2, 0.25) is 0 Å². The van der Waals surface area contributed by atoms with Crippen molar-refractivity contribution in [2.24, 2.45) is 23.7 Å². The molecule has 0 amide bonds.